The van der Waals surface area contributed by atoms with Gasteiger partial charge >= 0.3 is 12.6 Å². The fraction of sp³-hybridized carbons (Fsp3) is 0.300. The Hall–Kier alpha value is -1.36. The lowest BCUT2D eigenvalue weighted by Gasteiger charge is -2.10. The van der Waals surface area contributed by atoms with Gasteiger partial charge < -0.3 is 9.84 Å². The van der Waals surface area contributed by atoms with Crippen LogP contribution in [-0.4, -0.2) is 17.7 Å². The molecule has 0 aliphatic rings. The predicted octanol–water partition coefficient (Wildman–Crippen LogP) is 2.96. The molecule has 0 saturated carbocycles. The van der Waals surface area contributed by atoms with E-state index in [1.165, 1.54) is 18.2 Å². The van der Waals surface area contributed by atoms with Crippen molar-refractivity contribution < 1.29 is 23.4 Å². The Balaban J connectivity index is 2.84. The third-order valence-electron chi connectivity index (χ3n) is 1.85. The minimum atomic E-state index is -2.94. The summed E-state index contributed by atoms with van der Waals surface area (Å²) in [6.07, 6.45) is -0.0715. The second-order valence-corrected chi connectivity index (χ2v) is 3.46. The van der Waals surface area contributed by atoms with Crippen molar-refractivity contribution in [2.45, 2.75) is 19.5 Å². The summed E-state index contributed by atoms with van der Waals surface area (Å²) in [6, 6.07) is 4.12. The SMILES string of the molecule is O=C(O)CCc1cc(Cl)ccc1OC(F)F. The Morgan fingerprint density at radius 1 is 1.50 bits per heavy atom. The highest BCUT2D eigenvalue weighted by atomic mass is 35.5. The molecule has 0 spiro atoms. The van der Waals surface area contributed by atoms with Crippen LogP contribution in [0.1, 0.15) is 12.0 Å². The molecule has 1 aromatic carbocycles. The Kier molecular flexibility index (Phi) is 4.49. The van der Waals surface area contributed by atoms with Crippen molar-refractivity contribution in [3.8, 4) is 5.75 Å². The highest BCUT2D eigenvalue weighted by Crippen LogP contribution is 2.25. The molecule has 0 fully saturated rings. The Labute approximate surface area is 95.6 Å². The van der Waals surface area contributed by atoms with Crippen LogP contribution < -0.4 is 4.74 Å². The largest absolute Gasteiger partial charge is 0.481 e. The van der Waals surface area contributed by atoms with Crippen LogP contribution in [0.4, 0.5) is 8.78 Å². The number of aliphatic carboxylic acids is 1. The van der Waals surface area contributed by atoms with Crippen LogP contribution in [0.3, 0.4) is 0 Å². The maximum Gasteiger partial charge on any atom is 0.387 e. The smallest absolute Gasteiger partial charge is 0.387 e. The van der Waals surface area contributed by atoms with Gasteiger partial charge in [0, 0.05) is 11.4 Å². The number of carbonyl (C=O) groups is 1. The Morgan fingerprint density at radius 3 is 2.75 bits per heavy atom. The van der Waals surface area contributed by atoms with Crippen LogP contribution in [0.2, 0.25) is 5.02 Å². The molecule has 0 atom stereocenters. The minimum absolute atomic E-state index is 0.0411. The van der Waals surface area contributed by atoms with Gasteiger partial charge in [-0.05, 0) is 30.2 Å². The molecule has 0 bridgehead atoms. The van der Waals surface area contributed by atoms with E-state index < -0.39 is 12.6 Å². The van der Waals surface area contributed by atoms with E-state index in [1.54, 1.807) is 0 Å². The first kappa shape index (κ1) is 12.7. The van der Waals surface area contributed by atoms with Crippen LogP contribution >= 0.6 is 11.6 Å². The van der Waals surface area contributed by atoms with Crippen molar-refractivity contribution >= 4 is 17.6 Å². The number of alkyl halides is 2. The molecule has 0 aromatic heterocycles. The summed E-state index contributed by atoms with van der Waals surface area (Å²) < 4.78 is 28.3. The van der Waals surface area contributed by atoms with Gasteiger partial charge in [-0.1, -0.05) is 11.6 Å². The molecule has 0 saturated heterocycles. The highest BCUT2D eigenvalue weighted by molar-refractivity contribution is 6.30. The van der Waals surface area contributed by atoms with Gasteiger partial charge in [-0.3, -0.25) is 4.79 Å². The number of carboxylic acid groups (broad SMARTS) is 1. The molecule has 6 heteroatoms. The van der Waals surface area contributed by atoms with Crippen LogP contribution in [0.5, 0.6) is 5.75 Å². The van der Waals surface area contributed by atoms with Gasteiger partial charge in [0.1, 0.15) is 5.75 Å². The van der Waals surface area contributed by atoms with Crippen LogP contribution in [0.15, 0.2) is 18.2 Å². The zero-order valence-corrected chi connectivity index (χ0v) is 8.88. The first-order valence-electron chi connectivity index (χ1n) is 4.44. The summed E-state index contributed by atoms with van der Waals surface area (Å²) >= 11 is 5.68. The number of rotatable bonds is 5. The van der Waals surface area contributed by atoms with Crippen molar-refractivity contribution in [3.63, 3.8) is 0 Å². The van der Waals surface area contributed by atoms with Gasteiger partial charge in [0.15, 0.2) is 0 Å². The van der Waals surface area contributed by atoms with E-state index in [0.717, 1.165) is 0 Å². The number of aryl methyl sites for hydroxylation is 1. The second-order valence-electron chi connectivity index (χ2n) is 3.02. The lowest BCUT2D eigenvalue weighted by Crippen LogP contribution is -2.05. The summed E-state index contributed by atoms with van der Waals surface area (Å²) in [5.41, 5.74) is 0.357. The average Bonchev–Trinajstić information content (AvgIpc) is 2.17. The van der Waals surface area contributed by atoms with E-state index >= 15 is 0 Å². The van der Waals surface area contributed by atoms with Gasteiger partial charge in [-0.15, -0.1) is 0 Å². The maximum atomic E-state index is 12.0. The van der Waals surface area contributed by atoms with Crippen molar-refractivity contribution in [2.75, 3.05) is 0 Å². The molecule has 0 unspecified atom stereocenters. The summed E-state index contributed by atoms with van der Waals surface area (Å²) in [5.74, 6) is -1.05. The number of hydrogen-bond donors (Lipinski definition) is 1. The summed E-state index contributed by atoms with van der Waals surface area (Å²) in [7, 11) is 0. The van der Waals surface area contributed by atoms with E-state index in [1.807, 2.05) is 0 Å². The molecule has 3 nitrogen and oxygen atoms in total. The fourth-order valence-corrected chi connectivity index (χ4v) is 1.39. The van der Waals surface area contributed by atoms with Gasteiger partial charge in [0.2, 0.25) is 0 Å². The zero-order valence-electron chi connectivity index (χ0n) is 8.12. The van der Waals surface area contributed by atoms with E-state index in [9.17, 15) is 13.6 Å². The van der Waals surface area contributed by atoms with Crippen molar-refractivity contribution in [2.24, 2.45) is 0 Å². The minimum Gasteiger partial charge on any atom is -0.481 e. The predicted molar refractivity (Wildman–Crippen MR) is 54.0 cm³/mol. The zero-order chi connectivity index (χ0) is 12.1. The quantitative estimate of drug-likeness (QED) is 0.874. The van der Waals surface area contributed by atoms with E-state index in [0.29, 0.717) is 10.6 Å². The van der Waals surface area contributed by atoms with E-state index in [4.69, 9.17) is 16.7 Å². The molecule has 16 heavy (non-hydrogen) atoms. The lowest BCUT2D eigenvalue weighted by molar-refractivity contribution is -0.136. The molecule has 88 valence electrons. The van der Waals surface area contributed by atoms with Crippen molar-refractivity contribution in [3.05, 3.63) is 28.8 Å². The molecular weight excluding hydrogens is 242 g/mol. The molecule has 1 aromatic rings. The van der Waals surface area contributed by atoms with Crippen molar-refractivity contribution in [1.29, 1.82) is 0 Å². The van der Waals surface area contributed by atoms with Gasteiger partial charge in [0.05, 0.1) is 0 Å². The average molecular weight is 251 g/mol. The van der Waals surface area contributed by atoms with Crippen LogP contribution in [0.25, 0.3) is 0 Å². The highest BCUT2D eigenvalue weighted by Gasteiger charge is 2.11. The molecule has 0 heterocycles. The Morgan fingerprint density at radius 2 is 2.19 bits per heavy atom. The summed E-state index contributed by atoms with van der Waals surface area (Å²) in [6.45, 7) is -2.94. The van der Waals surface area contributed by atoms with E-state index in [2.05, 4.69) is 4.74 Å². The molecule has 0 aliphatic heterocycles. The maximum absolute atomic E-state index is 12.0. The van der Waals surface area contributed by atoms with Gasteiger partial charge in [0.25, 0.3) is 0 Å². The molecule has 0 aliphatic carbocycles. The number of halogens is 3. The number of benzene rings is 1. The molecular formula is C10H9ClF2O3. The first-order chi connectivity index (χ1) is 7.49. The van der Waals surface area contributed by atoms with Gasteiger partial charge in [-0.25, -0.2) is 0 Å². The third-order valence-corrected chi connectivity index (χ3v) is 2.08. The topological polar surface area (TPSA) is 46.5 Å². The summed E-state index contributed by atoms with van der Waals surface area (Å²) in [5, 5.41) is 8.84. The third kappa shape index (κ3) is 4.02. The standard InChI is InChI=1S/C10H9ClF2O3/c11-7-2-3-8(16-10(12)13)6(5-7)1-4-9(14)15/h2-3,5,10H,1,4H2,(H,14,15). The number of hydrogen-bond acceptors (Lipinski definition) is 2. The number of carboxylic acids is 1. The van der Waals surface area contributed by atoms with Crippen LogP contribution in [-0.2, 0) is 11.2 Å². The molecule has 0 radical (unpaired) electrons. The molecule has 1 N–H and O–H groups in total. The second kappa shape index (κ2) is 5.65. The first-order valence-corrected chi connectivity index (χ1v) is 4.82. The van der Waals surface area contributed by atoms with Gasteiger partial charge in [-0.2, -0.15) is 8.78 Å². The Bertz CT molecular complexity index is 382. The number of ether oxygens (including phenoxy) is 1. The summed E-state index contributed by atoms with van der Waals surface area (Å²) in [4.78, 5) is 10.4. The van der Waals surface area contributed by atoms with Crippen LogP contribution in [0, 0.1) is 0 Å². The van der Waals surface area contributed by atoms with Crippen molar-refractivity contribution in [1.82, 2.24) is 0 Å². The molecule has 1 rings (SSSR count). The van der Waals surface area contributed by atoms with E-state index in [-0.39, 0.29) is 18.6 Å². The molecule has 0 amide bonds. The fourth-order valence-electron chi connectivity index (χ4n) is 1.20. The monoisotopic (exact) mass is 250 g/mol. The normalized spacial score (nSPS) is 10.5. The lowest BCUT2D eigenvalue weighted by atomic mass is 10.1.